The molecule has 1 aliphatic rings. The van der Waals surface area contributed by atoms with Crippen LogP contribution in [0, 0.1) is 12.7 Å². The molecule has 10 nitrogen and oxygen atoms in total. The molecule has 0 fully saturated rings. The van der Waals surface area contributed by atoms with Gasteiger partial charge in [-0.05, 0) is 66.1 Å². The number of carbonyl (C=O) groups excluding carboxylic acids is 1. The van der Waals surface area contributed by atoms with Gasteiger partial charge in [0.25, 0.3) is 0 Å². The second-order valence-electron chi connectivity index (χ2n) is 10.4. The minimum absolute atomic E-state index is 0.0977. The second kappa shape index (κ2) is 12.0. The lowest BCUT2D eigenvalue weighted by Crippen LogP contribution is -2.22. The number of ketones is 1. The first-order valence-electron chi connectivity index (χ1n) is 13.3. The standard InChI is InChI=1S/C31H30FN3O7S/c1-18-9-23(7-8-27(18)42-28-6-4-3-5-26(28)32)35-31(33)25(14-34-35)30(38)21-10-19-12-22(17-43(2,39)40)29(13-20(19)11-21)41-16-24(37)15-36/h3-9,11-14,24,36-37H,10,15-17,33H2,1-2H3/t24-/m0/s1. The lowest BCUT2D eigenvalue weighted by Gasteiger charge is -2.15. The van der Waals surface area contributed by atoms with E-state index in [-0.39, 0.29) is 47.4 Å². The Morgan fingerprint density at radius 1 is 1.14 bits per heavy atom. The molecule has 0 saturated heterocycles. The average molecular weight is 608 g/mol. The van der Waals surface area contributed by atoms with Crippen LogP contribution in [0.5, 0.6) is 17.2 Å². The van der Waals surface area contributed by atoms with Crippen LogP contribution >= 0.6 is 0 Å². The number of rotatable bonds is 11. The molecule has 3 aromatic carbocycles. The first kappa shape index (κ1) is 30.0. The van der Waals surface area contributed by atoms with E-state index in [1.54, 1.807) is 55.5 Å². The van der Waals surface area contributed by atoms with Crippen LogP contribution in [-0.2, 0) is 22.0 Å². The minimum atomic E-state index is -3.41. The molecular formula is C31H30FN3O7S. The maximum atomic E-state index is 14.0. The van der Waals surface area contributed by atoms with Crippen LogP contribution in [0.25, 0.3) is 11.8 Å². The number of nitrogens with zero attached hydrogens (tertiary/aromatic N) is 2. The van der Waals surface area contributed by atoms with Crippen molar-refractivity contribution in [3.05, 3.63) is 100 Å². The summed E-state index contributed by atoms with van der Waals surface area (Å²) in [6.07, 6.45) is 3.29. The molecule has 1 aliphatic carbocycles. The SMILES string of the molecule is Cc1cc(-n2ncc(C(=O)C3=Cc4cc(OC[C@@H](O)CO)c(CS(C)(=O)=O)cc4C3)c2N)ccc1Oc1ccccc1F. The molecule has 0 saturated carbocycles. The van der Waals surface area contributed by atoms with Crippen molar-refractivity contribution in [3.8, 4) is 22.9 Å². The lowest BCUT2D eigenvalue weighted by atomic mass is 10.0. The molecule has 5 rings (SSSR count). The zero-order valence-electron chi connectivity index (χ0n) is 23.5. The monoisotopic (exact) mass is 607 g/mol. The van der Waals surface area contributed by atoms with Crippen LogP contribution in [-0.4, -0.2) is 59.8 Å². The summed E-state index contributed by atoms with van der Waals surface area (Å²) in [6, 6.07) is 14.5. The van der Waals surface area contributed by atoms with Crippen molar-refractivity contribution < 1.29 is 37.3 Å². The Balaban J connectivity index is 1.38. The molecule has 4 aromatic rings. The second-order valence-corrected chi connectivity index (χ2v) is 12.5. The number of anilines is 1. The fourth-order valence-corrected chi connectivity index (χ4v) is 5.56. The number of fused-ring (bicyclic) bond motifs is 1. The van der Waals surface area contributed by atoms with Crippen molar-refractivity contribution in [2.75, 3.05) is 25.2 Å². The van der Waals surface area contributed by atoms with E-state index in [9.17, 15) is 22.7 Å². The number of hydrogen-bond acceptors (Lipinski definition) is 9. The van der Waals surface area contributed by atoms with Crippen molar-refractivity contribution in [1.82, 2.24) is 9.78 Å². The highest BCUT2D eigenvalue weighted by molar-refractivity contribution is 7.89. The molecule has 0 aliphatic heterocycles. The zero-order valence-corrected chi connectivity index (χ0v) is 24.3. The third-order valence-corrected chi connectivity index (χ3v) is 7.73. The summed E-state index contributed by atoms with van der Waals surface area (Å²) >= 11 is 0. The number of halogens is 1. The van der Waals surface area contributed by atoms with Crippen LogP contribution in [0.3, 0.4) is 0 Å². The highest BCUT2D eigenvalue weighted by atomic mass is 32.2. The number of sulfone groups is 1. The Kier molecular flexibility index (Phi) is 8.36. The molecule has 224 valence electrons. The summed E-state index contributed by atoms with van der Waals surface area (Å²) < 4.78 is 50.9. The summed E-state index contributed by atoms with van der Waals surface area (Å²) in [6.45, 7) is 1.06. The number of benzene rings is 3. The van der Waals surface area contributed by atoms with E-state index >= 15 is 0 Å². The molecule has 0 spiro atoms. The molecule has 43 heavy (non-hydrogen) atoms. The number of carbonyl (C=O) groups is 1. The molecule has 0 radical (unpaired) electrons. The number of allylic oxidation sites excluding steroid dienone is 1. The maximum Gasteiger partial charge on any atom is 0.194 e. The number of nitrogen functional groups attached to an aromatic ring is 1. The Bertz CT molecular complexity index is 1850. The molecule has 0 unspecified atom stereocenters. The first-order chi connectivity index (χ1) is 20.4. The van der Waals surface area contributed by atoms with Gasteiger partial charge in [-0.1, -0.05) is 18.2 Å². The van der Waals surface area contributed by atoms with Crippen molar-refractivity contribution in [3.63, 3.8) is 0 Å². The zero-order chi connectivity index (χ0) is 30.9. The number of aromatic nitrogens is 2. The molecule has 12 heteroatoms. The van der Waals surface area contributed by atoms with Gasteiger partial charge in [0.05, 0.1) is 29.8 Å². The molecule has 1 heterocycles. The van der Waals surface area contributed by atoms with E-state index in [0.717, 1.165) is 11.8 Å². The molecule has 1 aromatic heterocycles. The Hall–Kier alpha value is -4.52. The van der Waals surface area contributed by atoms with Gasteiger partial charge in [-0.2, -0.15) is 5.10 Å². The van der Waals surface area contributed by atoms with Crippen molar-refractivity contribution in [2.45, 2.75) is 25.2 Å². The third kappa shape index (κ3) is 6.61. The largest absolute Gasteiger partial charge is 0.490 e. The molecule has 1 atom stereocenters. The number of aryl methyl sites for hydroxylation is 1. The molecule has 0 bridgehead atoms. The van der Waals surface area contributed by atoms with Gasteiger partial charge in [0.1, 0.15) is 30.0 Å². The first-order valence-corrected chi connectivity index (χ1v) is 15.4. The van der Waals surface area contributed by atoms with Gasteiger partial charge >= 0.3 is 0 Å². The summed E-state index contributed by atoms with van der Waals surface area (Å²) in [7, 11) is -3.41. The Morgan fingerprint density at radius 2 is 1.91 bits per heavy atom. The van der Waals surface area contributed by atoms with Crippen LogP contribution in [0.2, 0.25) is 0 Å². The summed E-state index contributed by atoms with van der Waals surface area (Å²) in [4.78, 5) is 13.5. The predicted octanol–water partition coefficient (Wildman–Crippen LogP) is 3.79. The number of para-hydroxylation sites is 1. The van der Waals surface area contributed by atoms with E-state index in [4.69, 9.17) is 20.3 Å². The highest BCUT2D eigenvalue weighted by Gasteiger charge is 2.26. The fourth-order valence-electron chi connectivity index (χ4n) is 4.77. The van der Waals surface area contributed by atoms with Gasteiger partial charge in [-0.15, -0.1) is 0 Å². The van der Waals surface area contributed by atoms with E-state index in [2.05, 4.69) is 5.10 Å². The van der Waals surface area contributed by atoms with E-state index in [1.165, 1.54) is 23.0 Å². The number of aliphatic hydroxyl groups is 2. The van der Waals surface area contributed by atoms with Gasteiger partial charge in [0, 0.05) is 23.8 Å². The smallest absolute Gasteiger partial charge is 0.194 e. The topological polar surface area (TPSA) is 154 Å². The van der Waals surface area contributed by atoms with E-state index < -0.39 is 28.4 Å². The molecule has 0 amide bonds. The quantitative estimate of drug-likeness (QED) is 0.216. The minimum Gasteiger partial charge on any atom is -0.490 e. The average Bonchev–Trinajstić information content (AvgIpc) is 3.55. The van der Waals surface area contributed by atoms with Gasteiger partial charge in [-0.25, -0.2) is 17.5 Å². The van der Waals surface area contributed by atoms with Crippen LogP contribution in [0.4, 0.5) is 10.2 Å². The van der Waals surface area contributed by atoms with Crippen molar-refractivity contribution in [1.29, 1.82) is 0 Å². The normalized spacial score (nSPS) is 13.4. The Morgan fingerprint density at radius 3 is 2.60 bits per heavy atom. The van der Waals surface area contributed by atoms with Gasteiger partial charge in [0.2, 0.25) is 0 Å². The summed E-state index contributed by atoms with van der Waals surface area (Å²) in [5, 5.41) is 23.1. The summed E-state index contributed by atoms with van der Waals surface area (Å²) in [5.41, 5.74) is 10.1. The van der Waals surface area contributed by atoms with Gasteiger partial charge in [-0.3, -0.25) is 4.79 Å². The predicted molar refractivity (Wildman–Crippen MR) is 159 cm³/mol. The van der Waals surface area contributed by atoms with E-state index in [1.807, 2.05) is 0 Å². The lowest BCUT2D eigenvalue weighted by molar-refractivity contribution is 0.0533. The van der Waals surface area contributed by atoms with Crippen LogP contribution in [0.1, 0.15) is 32.6 Å². The van der Waals surface area contributed by atoms with Crippen LogP contribution in [0.15, 0.2) is 66.4 Å². The number of ether oxygens (including phenoxy) is 2. The van der Waals surface area contributed by atoms with Crippen molar-refractivity contribution >= 4 is 27.5 Å². The highest BCUT2D eigenvalue weighted by Crippen LogP contribution is 2.35. The number of aliphatic hydroxyl groups excluding tert-OH is 2. The number of nitrogens with two attached hydrogens (primary N) is 1. The van der Waals surface area contributed by atoms with Gasteiger partial charge < -0.3 is 25.4 Å². The maximum absolute atomic E-state index is 14.0. The Labute approximate surface area is 247 Å². The van der Waals surface area contributed by atoms with E-state index in [0.29, 0.717) is 33.7 Å². The molecular weight excluding hydrogens is 577 g/mol. The molecule has 4 N–H and O–H groups in total. The van der Waals surface area contributed by atoms with Crippen LogP contribution < -0.4 is 15.2 Å². The number of hydrogen-bond donors (Lipinski definition) is 3. The number of Topliss-reactive ketones (excluding diaryl/α,β-unsaturated/α-hetero) is 1. The fraction of sp³-hybridized carbons (Fsp3) is 0.226. The van der Waals surface area contributed by atoms with Crippen molar-refractivity contribution in [2.24, 2.45) is 0 Å². The third-order valence-electron chi connectivity index (χ3n) is 6.90. The summed E-state index contributed by atoms with van der Waals surface area (Å²) in [5.74, 6) is -0.189. The van der Waals surface area contributed by atoms with Gasteiger partial charge in [0.15, 0.2) is 27.2 Å².